The number of hydrogen-bond donors (Lipinski definition) is 1. The Kier molecular flexibility index (Phi) is 5.39. The summed E-state index contributed by atoms with van der Waals surface area (Å²) in [6, 6.07) is 9.10. The first-order valence-electron chi connectivity index (χ1n) is 7.58. The normalized spacial score (nSPS) is 11.1. The highest BCUT2D eigenvalue weighted by Crippen LogP contribution is 2.23. The van der Waals surface area contributed by atoms with Gasteiger partial charge in [0.2, 0.25) is 0 Å². The Hall–Kier alpha value is -1.81. The summed E-state index contributed by atoms with van der Waals surface area (Å²) in [7, 11) is 1.97. The molecule has 114 valence electrons. The monoisotopic (exact) mass is 287 g/mol. The summed E-state index contributed by atoms with van der Waals surface area (Å²) >= 11 is 0. The lowest BCUT2D eigenvalue weighted by molar-refractivity contribution is 0.540. The van der Waals surface area contributed by atoms with E-state index in [9.17, 15) is 0 Å². The number of nitrogens with one attached hydrogen (secondary N) is 1. The second-order valence-electron chi connectivity index (χ2n) is 5.73. The summed E-state index contributed by atoms with van der Waals surface area (Å²) in [6.07, 6.45) is 2.77. The average molecular weight is 287 g/mol. The van der Waals surface area contributed by atoms with Crippen LogP contribution in [0.5, 0.6) is 0 Å². The minimum absolute atomic E-state index is 0.626. The molecule has 1 N–H and O–H groups in total. The molecule has 0 radical (unpaired) electrons. The fourth-order valence-electron chi connectivity index (χ4n) is 2.09. The van der Waals surface area contributed by atoms with Crippen LogP contribution in [-0.2, 0) is 13.0 Å². The molecule has 0 aliphatic carbocycles. The van der Waals surface area contributed by atoms with Gasteiger partial charge < -0.3 is 9.73 Å². The van der Waals surface area contributed by atoms with Gasteiger partial charge in [0.05, 0.1) is 5.69 Å². The Morgan fingerprint density at radius 3 is 2.57 bits per heavy atom. The summed E-state index contributed by atoms with van der Waals surface area (Å²) in [5.74, 6) is 0.635. The molecule has 0 bridgehead atoms. The van der Waals surface area contributed by atoms with Crippen LogP contribution in [0.25, 0.3) is 0 Å². The highest BCUT2D eigenvalue weighted by molar-refractivity contribution is 5.55. The van der Waals surface area contributed by atoms with Crippen molar-refractivity contribution in [3.63, 3.8) is 0 Å². The minimum atomic E-state index is 0.626. The molecule has 0 atom stereocenters. The molecule has 21 heavy (non-hydrogen) atoms. The summed E-state index contributed by atoms with van der Waals surface area (Å²) < 4.78 is 5.57. The van der Waals surface area contributed by atoms with Crippen molar-refractivity contribution in [2.24, 2.45) is 5.92 Å². The number of nitrogens with zero attached hydrogens (tertiary/aromatic N) is 2. The van der Waals surface area contributed by atoms with Gasteiger partial charge in [-0.25, -0.2) is 0 Å². The Bertz CT molecular complexity index is 545. The number of aryl methyl sites for hydroxylation is 1. The van der Waals surface area contributed by atoms with E-state index >= 15 is 0 Å². The predicted molar refractivity (Wildman–Crippen MR) is 86.9 cm³/mol. The molecule has 0 spiro atoms. The minimum Gasteiger partial charge on any atom is -0.431 e. The second-order valence-corrected chi connectivity index (χ2v) is 5.73. The first-order valence-corrected chi connectivity index (χ1v) is 7.58. The van der Waals surface area contributed by atoms with Crippen molar-refractivity contribution < 1.29 is 4.42 Å². The van der Waals surface area contributed by atoms with Crippen molar-refractivity contribution in [1.29, 1.82) is 0 Å². The van der Waals surface area contributed by atoms with Crippen molar-refractivity contribution in [1.82, 2.24) is 10.3 Å². The quantitative estimate of drug-likeness (QED) is 0.842. The van der Waals surface area contributed by atoms with Crippen molar-refractivity contribution in [2.45, 2.75) is 33.7 Å². The Balaban J connectivity index is 1.98. The largest absolute Gasteiger partial charge is 0.431 e. The maximum absolute atomic E-state index is 5.57. The lowest BCUT2D eigenvalue weighted by atomic mass is 10.1. The number of rotatable bonds is 7. The molecule has 0 aliphatic heterocycles. The molecule has 0 saturated carbocycles. The third-order valence-electron chi connectivity index (χ3n) is 3.42. The van der Waals surface area contributed by atoms with E-state index in [4.69, 9.17) is 4.42 Å². The van der Waals surface area contributed by atoms with Gasteiger partial charge in [0.25, 0.3) is 0 Å². The van der Waals surface area contributed by atoms with E-state index in [-0.39, 0.29) is 0 Å². The molecule has 0 fully saturated rings. The van der Waals surface area contributed by atoms with Crippen LogP contribution < -0.4 is 10.2 Å². The van der Waals surface area contributed by atoms with Crippen LogP contribution in [-0.4, -0.2) is 18.6 Å². The fourth-order valence-corrected chi connectivity index (χ4v) is 2.09. The summed E-state index contributed by atoms with van der Waals surface area (Å²) in [5, 5.41) is 3.37. The number of anilines is 2. The summed E-state index contributed by atoms with van der Waals surface area (Å²) in [5.41, 5.74) is 3.34. The van der Waals surface area contributed by atoms with Crippen LogP contribution in [0.15, 0.2) is 34.9 Å². The molecule has 0 aliphatic rings. The third-order valence-corrected chi connectivity index (χ3v) is 3.42. The molecule has 4 nitrogen and oxygen atoms in total. The van der Waals surface area contributed by atoms with Crippen molar-refractivity contribution in [3.05, 3.63) is 41.8 Å². The zero-order chi connectivity index (χ0) is 15.2. The Morgan fingerprint density at radius 2 is 1.95 bits per heavy atom. The van der Waals surface area contributed by atoms with Crippen molar-refractivity contribution >= 4 is 11.7 Å². The zero-order valence-electron chi connectivity index (χ0n) is 13.4. The van der Waals surface area contributed by atoms with Crippen molar-refractivity contribution in [3.8, 4) is 0 Å². The summed E-state index contributed by atoms with van der Waals surface area (Å²) in [6.45, 7) is 8.26. The van der Waals surface area contributed by atoms with Gasteiger partial charge in [0.1, 0.15) is 6.26 Å². The zero-order valence-corrected chi connectivity index (χ0v) is 13.4. The van der Waals surface area contributed by atoms with Gasteiger partial charge in [-0.1, -0.05) is 32.9 Å². The molecule has 2 rings (SSSR count). The van der Waals surface area contributed by atoms with Crippen LogP contribution in [0, 0.1) is 5.92 Å². The van der Waals surface area contributed by atoms with E-state index in [2.05, 4.69) is 55.3 Å². The van der Waals surface area contributed by atoms with Crippen LogP contribution >= 0.6 is 0 Å². The molecule has 1 aromatic carbocycles. The number of oxazole rings is 1. The number of benzene rings is 1. The second kappa shape index (κ2) is 7.27. The van der Waals surface area contributed by atoms with Gasteiger partial charge in [-0.3, -0.25) is 4.90 Å². The van der Waals surface area contributed by atoms with Crippen LogP contribution in [0.3, 0.4) is 0 Å². The van der Waals surface area contributed by atoms with Crippen LogP contribution in [0.1, 0.15) is 32.0 Å². The van der Waals surface area contributed by atoms with E-state index in [0.717, 1.165) is 30.9 Å². The first-order chi connectivity index (χ1) is 10.1. The van der Waals surface area contributed by atoms with E-state index in [1.807, 2.05) is 11.9 Å². The van der Waals surface area contributed by atoms with Gasteiger partial charge in [0, 0.05) is 19.3 Å². The van der Waals surface area contributed by atoms with Gasteiger partial charge in [-0.05, 0) is 36.6 Å². The lowest BCUT2D eigenvalue weighted by Gasteiger charge is -2.14. The molecule has 0 amide bonds. The number of aromatic nitrogens is 1. The topological polar surface area (TPSA) is 41.3 Å². The fraction of sp³-hybridized carbons (Fsp3) is 0.471. The van der Waals surface area contributed by atoms with E-state index < -0.39 is 0 Å². The molecule has 1 aromatic heterocycles. The van der Waals surface area contributed by atoms with E-state index in [1.54, 1.807) is 6.26 Å². The van der Waals surface area contributed by atoms with E-state index in [1.165, 1.54) is 5.56 Å². The third kappa shape index (κ3) is 4.33. The van der Waals surface area contributed by atoms with E-state index in [0.29, 0.717) is 11.9 Å². The van der Waals surface area contributed by atoms with Gasteiger partial charge in [-0.2, -0.15) is 4.98 Å². The standard InChI is InChI=1S/C17H25N3O/c1-5-14-6-8-16(9-7-14)20(4)17-19-15(12-21-17)11-18-10-13(2)3/h6-9,12-13,18H,5,10-11H2,1-4H3. The SMILES string of the molecule is CCc1ccc(N(C)c2nc(CNCC(C)C)co2)cc1. The van der Waals surface area contributed by atoms with Crippen LogP contribution in [0.4, 0.5) is 11.7 Å². The van der Waals surface area contributed by atoms with Gasteiger partial charge in [-0.15, -0.1) is 0 Å². The maximum Gasteiger partial charge on any atom is 0.301 e. The molecule has 0 saturated heterocycles. The predicted octanol–water partition coefficient (Wildman–Crippen LogP) is 3.75. The van der Waals surface area contributed by atoms with Crippen molar-refractivity contribution in [2.75, 3.05) is 18.5 Å². The number of hydrogen-bond acceptors (Lipinski definition) is 4. The van der Waals surface area contributed by atoms with Gasteiger partial charge >= 0.3 is 6.01 Å². The molecule has 2 aromatic rings. The Labute approximate surface area is 127 Å². The average Bonchev–Trinajstić information content (AvgIpc) is 2.95. The summed E-state index contributed by atoms with van der Waals surface area (Å²) in [4.78, 5) is 6.49. The van der Waals surface area contributed by atoms with Gasteiger partial charge in [0.15, 0.2) is 0 Å². The molecule has 0 unspecified atom stereocenters. The Morgan fingerprint density at radius 1 is 1.24 bits per heavy atom. The smallest absolute Gasteiger partial charge is 0.301 e. The molecule has 1 heterocycles. The first kappa shape index (κ1) is 15.6. The molecular formula is C17H25N3O. The molecular weight excluding hydrogens is 262 g/mol. The highest BCUT2D eigenvalue weighted by Gasteiger charge is 2.11. The lowest BCUT2D eigenvalue weighted by Crippen LogP contribution is -2.19. The van der Waals surface area contributed by atoms with Crippen LogP contribution in [0.2, 0.25) is 0 Å². The molecule has 4 heteroatoms. The maximum atomic E-state index is 5.57. The highest BCUT2D eigenvalue weighted by atomic mass is 16.4.